The summed E-state index contributed by atoms with van der Waals surface area (Å²) in [5.74, 6) is 5.35. The van der Waals surface area contributed by atoms with Crippen molar-refractivity contribution in [2.45, 2.75) is 31.8 Å². The molecule has 1 N–H and O–H groups in total. The molecule has 1 saturated heterocycles. The van der Waals surface area contributed by atoms with Crippen molar-refractivity contribution in [1.82, 2.24) is 0 Å². The van der Waals surface area contributed by atoms with E-state index in [2.05, 4.69) is 11.8 Å². The lowest BCUT2D eigenvalue weighted by Gasteiger charge is -2.23. The van der Waals surface area contributed by atoms with E-state index in [1.807, 2.05) is 0 Å². The van der Waals surface area contributed by atoms with E-state index in [1.54, 1.807) is 12.1 Å². The van der Waals surface area contributed by atoms with Crippen LogP contribution < -0.4 is 0 Å². The molecule has 2 nitrogen and oxygen atoms in total. The largest absolute Gasteiger partial charge is 0.395 e. The fraction of sp³-hybridized carbons (Fsp3) is 0.467. The third-order valence-electron chi connectivity index (χ3n) is 3.00. The molecule has 0 aliphatic carbocycles. The van der Waals surface area contributed by atoms with Crippen LogP contribution in [0.5, 0.6) is 0 Å². The summed E-state index contributed by atoms with van der Waals surface area (Å²) in [6.45, 7) is 0.742. The van der Waals surface area contributed by atoms with Gasteiger partial charge in [-0.05, 0) is 31.4 Å². The molecule has 1 heterocycles. The predicted octanol–water partition coefficient (Wildman–Crippen LogP) is 2.80. The van der Waals surface area contributed by atoms with Crippen molar-refractivity contribution in [3.8, 4) is 11.8 Å². The van der Waals surface area contributed by atoms with E-state index in [-0.39, 0.29) is 18.5 Å². The predicted molar refractivity (Wildman–Crippen MR) is 67.5 cm³/mol. The van der Waals surface area contributed by atoms with Crippen LogP contribution in [0.15, 0.2) is 18.2 Å². The highest BCUT2D eigenvalue weighted by Gasteiger charge is 2.19. The second-order valence-corrected chi connectivity index (χ2v) is 4.37. The Morgan fingerprint density at radius 3 is 2.94 bits per heavy atom. The second-order valence-electron chi connectivity index (χ2n) is 4.37. The molecule has 1 atom stereocenters. The van der Waals surface area contributed by atoms with Crippen molar-refractivity contribution in [2.24, 2.45) is 0 Å². The molecule has 3 heteroatoms. The standard InChI is InChI=1S/C15H17FO2/c16-14-11-12(5-1-3-9-17)7-8-13(14)15-6-2-4-10-18-15/h7-8,11,15,17H,2-4,6,9-10H2. The summed E-state index contributed by atoms with van der Waals surface area (Å²) in [5.41, 5.74) is 1.27. The van der Waals surface area contributed by atoms with Crippen LogP contribution in [-0.2, 0) is 4.74 Å². The first-order chi connectivity index (χ1) is 8.81. The molecular weight excluding hydrogens is 231 g/mol. The molecule has 1 aliphatic heterocycles. The Morgan fingerprint density at radius 2 is 2.28 bits per heavy atom. The third-order valence-corrected chi connectivity index (χ3v) is 3.00. The molecule has 0 bridgehead atoms. The zero-order valence-corrected chi connectivity index (χ0v) is 10.3. The molecular formula is C15H17FO2. The van der Waals surface area contributed by atoms with Gasteiger partial charge in [-0.15, -0.1) is 0 Å². The average Bonchev–Trinajstić information content (AvgIpc) is 2.40. The van der Waals surface area contributed by atoms with E-state index in [0.29, 0.717) is 24.2 Å². The van der Waals surface area contributed by atoms with Gasteiger partial charge in [0.15, 0.2) is 0 Å². The van der Waals surface area contributed by atoms with Crippen molar-refractivity contribution >= 4 is 0 Å². The van der Waals surface area contributed by atoms with Crippen molar-refractivity contribution < 1.29 is 14.2 Å². The number of rotatable bonds is 2. The minimum absolute atomic E-state index is 0.0312. The van der Waals surface area contributed by atoms with Crippen molar-refractivity contribution in [1.29, 1.82) is 0 Å². The first-order valence-corrected chi connectivity index (χ1v) is 6.32. The van der Waals surface area contributed by atoms with Gasteiger partial charge in [-0.3, -0.25) is 0 Å². The Morgan fingerprint density at radius 1 is 1.39 bits per heavy atom. The molecule has 0 amide bonds. The van der Waals surface area contributed by atoms with E-state index in [1.165, 1.54) is 6.07 Å². The summed E-state index contributed by atoms with van der Waals surface area (Å²) in [7, 11) is 0. The summed E-state index contributed by atoms with van der Waals surface area (Å²) >= 11 is 0. The smallest absolute Gasteiger partial charge is 0.130 e. The highest BCUT2D eigenvalue weighted by Crippen LogP contribution is 2.29. The van der Waals surface area contributed by atoms with Crippen molar-refractivity contribution in [2.75, 3.05) is 13.2 Å². The van der Waals surface area contributed by atoms with Crippen LogP contribution in [0.1, 0.15) is 42.9 Å². The van der Waals surface area contributed by atoms with E-state index < -0.39 is 0 Å². The lowest BCUT2D eigenvalue weighted by atomic mass is 9.99. The van der Waals surface area contributed by atoms with Gasteiger partial charge in [-0.1, -0.05) is 17.9 Å². The average molecular weight is 248 g/mol. The molecule has 0 radical (unpaired) electrons. The lowest BCUT2D eigenvalue weighted by molar-refractivity contribution is 0.0128. The van der Waals surface area contributed by atoms with Gasteiger partial charge in [0.25, 0.3) is 0 Å². The third kappa shape index (κ3) is 3.32. The van der Waals surface area contributed by atoms with Crippen LogP contribution >= 0.6 is 0 Å². The zero-order valence-electron chi connectivity index (χ0n) is 10.3. The van der Waals surface area contributed by atoms with E-state index in [4.69, 9.17) is 9.84 Å². The molecule has 0 aromatic heterocycles. The van der Waals surface area contributed by atoms with Crippen molar-refractivity contribution in [3.05, 3.63) is 35.1 Å². The maximum absolute atomic E-state index is 13.9. The zero-order chi connectivity index (χ0) is 12.8. The number of halogens is 1. The van der Waals surface area contributed by atoms with Gasteiger partial charge >= 0.3 is 0 Å². The lowest BCUT2D eigenvalue weighted by Crippen LogP contribution is -2.12. The Hall–Kier alpha value is -1.37. The molecule has 18 heavy (non-hydrogen) atoms. The van der Waals surface area contributed by atoms with E-state index in [9.17, 15) is 4.39 Å². The molecule has 1 aromatic carbocycles. The van der Waals surface area contributed by atoms with Gasteiger partial charge in [0.1, 0.15) is 5.82 Å². The topological polar surface area (TPSA) is 29.5 Å². The molecule has 0 saturated carbocycles. The number of hydrogen-bond donors (Lipinski definition) is 1. The van der Waals surface area contributed by atoms with Gasteiger partial charge in [0, 0.05) is 24.2 Å². The quantitative estimate of drug-likeness (QED) is 0.815. The van der Waals surface area contributed by atoms with E-state index >= 15 is 0 Å². The summed E-state index contributed by atoms with van der Waals surface area (Å²) in [4.78, 5) is 0. The fourth-order valence-corrected chi connectivity index (χ4v) is 2.07. The molecule has 2 rings (SSSR count). The second kappa shape index (κ2) is 6.53. The minimum atomic E-state index is -0.252. The monoisotopic (exact) mass is 248 g/mol. The van der Waals surface area contributed by atoms with Crippen LogP contribution in [0.2, 0.25) is 0 Å². The molecule has 1 aromatic rings. The van der Waals surface area contributed by atoms with Crippen LogP contribution in [0, 0.1) is 17.7 Å². The van der Waals surface area contributed by atoms with Crippen LogP contribution in [0.4, 0.5) is 4.39 Å². The Balaban J connectivity index is 2.12. The molecule has 1 unspecified atom stereocenters. The number of aliphatic hydroxyl groups excluding tert-OH is 1. The normalized spacial score (nSPS) is 19.1. The van der Waals surface area contributed by atoms with Crippen LogP contribution in [0.25, 0.3) is 0 Å². The Bertz CT molecular complexity index is 453. The highest BCUT2D eigenvalue weighted by molar-refractivity contribution is 5.37. The maximum Gasteiger partial charge on any atom is 0.130 e. The van der Waals surface area contributed by atoms with Crippen molar-refractivity contribution in [3.63, 3.8) is 0 Å². The SMILES string of the molecule is OCCC#Cc1ccc(C2CCCCO2)c(F)c1. The summed E-state index contributed by atoms with van der Waals surface area (Å²) in [5, 5.41) is 8.62. The Kier molecular flexibility index (Phi) is 4.74. The number of benzene rings is 1. The molecule has 0 spiro atoms. The molecule has 1 aliphatic rings. The summed E-state index contributed by atoms with van der Waals surface area (Å²) in [6.07, 6.45) is 3.32. The van der Waals surface area contributed by atoms with Gasteiger partial charge in [0.2, 0.25) is 0 Å². The first kappa shape index (κ1) is 13.1. The summed E-state index contributed by atoms with van der Waals surface area (Å²) in [6, 6.07) is 5.01. The molecule has 1 fully saturated rings. The van der Waals surface area contributed by atoms with Crippen LogP contribution in [-0.4, -0.2) is 18.3 Å². The highest BCUT2D eigenvalue weighted by atomic mass is 19.1. The minimum Gasteiger partial charge on any atom is -0.395 e. The number of ether oxygens (including phenoxy) is 1. The first-order valence-electron chi connectivity index (χ1n) is 6.32. The van der Waals surface area contributed by atoms with Gasteiger partial charge < -0.3 is 9.84 Å². The number of aliphatic hydroxyl groups is 1. The molecule has 96 valence electrons. The Labute approximate surface area is 107 Å². The van der Waals surface area contributed by atoms with Gasteiger partial charge in [-0.25, -0.2) is 4.39 Å². The summed E-state index contributed by atoms with van der Waals surface area (Å²) < 4.78 is 19.5. The van der Waals surface area contributed by atoms with Crippen LogP contribution in [0.3, 0.4) is 0 Å². The van der Waals surface area contributed by atoms with E-state index in [0.717, 1.165) is 19.3 Å². The number of hydrogen-bond acceptors (Lipinski definition) is 2. The van der Waals surface area contributed by atoms with Gasteiger partial charge in [-0.2, -0.15) is 0 Å². The fourth-order valence-electron chi connectivity index (χ4n) is 2.07. The maximum atomic E-state index is 13.9. The van der Waals surface area contributed by atoms with Gasteiger partial charge in [0.05, 0.1) is 12.7 Å².